The smallest absolute Gasteiger partial charge is 0.288 e. The van der Waals surface area contributed by atoms with Crippen molar-refractivity contribution in [2.24, 2.45) is 0 Å². The molecule has 1 aromatic carbocycles. The molecule has 3 aromatic rings. The Labute approximate surface area is 140 Å². The fraction of sp³-hybridized carbons (Fsp3) is 0.214. The minimum atomic E-state index is -0.528. The molecule has 0 aliphatic heterocycles. The van der Waals surface area contributed by atoms with Crippen molar-refractivity contribution in [1.82, 2.24) is 9.38 Å². The zero-order valence-corrected chi connectivity index (χ0v) is 13.9. The average molecular weight is 356 g/mol. The second-order valence-corrected chi connectivity index (χ2v) is 6.71. The molecular formula is C14H11Cl2N3O2S. The average Bonchev–Trinajstić information content (AvgIpc) is 2.96. The molecule has 0 spiro atoms. The van der Waals surface area contributed by atoms with Crippen LogP contribution in [0.4, 0.5) is 5.69 Å². The summed E-state index contributed by atoms with van der Waals surface area (Å²) in [6.07, 6.45) is 5.93. The Balaban J connectivity index is 2.08. The fourth-order valence-electron chi connectivity index (χ4n) is 2.21. The fourth-order valence-corrected chi connectivity index (χ4v) is 3.82. The molecule has 0 amide bonds. The van der Waals surface area contributed by atoms with E-state index in [4.69, 9.17) is 23.2 Å². The summed E-state index contributed by atoms with van der Waals surface area (Å²) in [6.45, 7) is 2.13. The summed E-state index contributed by atoms with van der Waals surface area (Å²) in [7, 11) is 0. The number of hydrogen-bond donors (Lipinski definition) is 0. The van der Waals surface area contributed by atoms with Crippen molar-refractivity contribution in [3.63, 3.8) is 0 Å². The molecule has 0 unspecified atom stereocenters. The van der Waals surface area contributed by atoms with Crippen LogP contribution in [0.2, 0.25) is 10.0 Å². The molecule has 0 aliphatic carbocycles. The Morgan fingerprint density at radius 1 is 1.32 bits per heavy atom. The van der Waals surface area contributed by atoms with Gasteiger partial charge in [-0.1, -0.05) is 36.5 Å². The van der Waals surface area contributed by atoms with Crippen molar-refractivity contribution < 1.29 is 4.92 Å². The predicted molar refractivity (Wildman–Crippen MR) is 89.2 cm³/mol. The van der Waals surface area contributed by atoms with Crippen LogP contribution in [-0.4, -0.2) is 14.3 Å². The molecule has 3 rings (SSSR count). The molecule has 0 bridgehead atoms. The lowest BCUT2D eigenvalue weighted by Gasteiger charge is -2.02. The standard InChI is InChI=1S/C14H11Cl2N3O2S/c1-2-3-8-6-18-7-12(17-14(18)22-8)9-4-13(19(20)21)11(16)5-10(9)15/h4-7H,2-3H2,1H3. The zero-order chi connectivity index (χ0) is 15.9. The van der Waals surface area contributed by atoms with Crippen LogP contribution < -0.4 is 0 Å². The van der Waals surface area contributed by atoms with E-state index in [1.54, 1.807) is 11.3 Å². The van der Waals surface area contributed by atoms with Crippen molar-refractivity contribution in [1.29, 1.82) is 0 Å². The number of rotatable bonds is 4. The van der Waals surface area contributed by atoms with Gasteiger partial charge in [0, 0.05) is 28.9 Å². The number of nitro benzene ring substituents is 1. The summed E-state index contributed by atoms with van der Waals surface area (Å²) in [5.41, 5.74) is 0.925. The first-order valence-corrected chi connectivity index (χ1v) is 8.18. The van der Waals surface area contributed by atoms with E-state index >= 15 is 0 Å². The summed E-state index contributed by atoms with van der Waals surface area (Å²) in [6, 6.07) is 2.75. The number of benzene rings is 1. The van der Waals surface area contributed by atoms with E-state index in [1.807, 2.05) is 16.8 Å². The molecule has 114 valence electrons. The Morgan fingerprint density at radius 3 is 2.73 bits per heavy atom. The van der Waals surface area contributed by atoms with E-state index < -0.39 is 4.92 Å². The van der Waals surface area contributed by atoms with Gasteiger partial charge in [-0.05, 0) is 12.5 Å². The van der Waals surface area contributed by atoms with E-state index in [9.17, 15) is 10.1 Å². The lowest BCUT2D eigenvalue weighted by molar-refractivity contribution is -0.384. The van der Waals surface area contributed by atoms with Gasteiger partial charge >= 0.3 is 0 Å². The van der Waals surface area contributed by atoms with E-state index in [-0.39, 0.29) is 10.7 Å². The number of imidazole rings is 1. The van der Waals surface area contributed by atoms with Gasteiger partial charge < -0.3 is 0 Å². The van der Waals surface area contributed by atoms with Crippen LogP contribution in [0.3, 0.4) is 0 Å². The Hall–Kier alpha value is -1.63. The summed E-state index contributed by atoms with van der Waals surface area (Å²) in [5, 5.41) is 11.4. The molecule has 2 aromatic heterocycles. The second kappa shape index (κ2) is 5.87. The SMILES string of the molecule is CCCc1cn2cc(-c3cc([N+](=O)[O-])c(Cl)cc3Cl)nc2s1. The summed E-state index contributed by atoms with van der Waals surface area (Å²) in [5.74, 6) is 0. The first-order valence-electron chi connectivity index (χ1n) is 6.60. The minimum Gasteiger partial charge on any atom is -0.297 e. The van der Waals surface area contributed by atoms with E-state index in [0.29, 0.717) is 16.3 Å². The van der Waals surface area contributed by atoms with Gasteiger partial charge in [0.15, 0.2) is 4.96 Å². The molecule has 0 radical (unpaired) electrons. The molecular weight excluding hydrogens is 345 g/mol. The number of hydrogen-bond acceptors (Lipinski definition) is 4. The van der Waals surface area contributed by atoms with Gasteiger partial charge in [0.25, 0.3) is 5.69 Å². The maximum Gasteiger partial charge on any atom is 0.288 e. The highest BCUT2D eigenvalue weighted by Gasteiger charge is 2.19. The van der Waals surface area contributed by atoms with Crippen molar-refractivity contribution in [2.75, 3.05) is 0 Å². The molecule has 0 saturated heterocycles. The number of fused-ring (bicyclic) bond motifs is 1. The third kappa shape index (κ3) is 2.69. The summed E-state index contributed by atoms with van der Waals surface area (Å²) >= 11 is 13.6. The van der Waals surface area contributed by atoms with Crippen LogP contribution in [0.5, 0.6) is 0 Å². The zero-order valence-electron chi connectivity index (χ0n) is 11.5. The van der Waals surface area contributed by atoms with Crippen LogP contribution >= 0.6 is 34.5 Å². The largest absolute Gasteiger partial charge is 0.297 e. The molecule has 0 fully saturated rings. The molecule has 2 heterocycles. The van der Waals surface area contributed by atoms with Crippen LogP contribution in [0, 0.1) is 10.1 Å². The molecule has 0 atom stereocenters. The third-order valence-corrected chi connectivity index (χ3v) is 4.88. The van der Waals surface area contributed by atoms with Gasteiger partial charge in [-0.25, -0.2) is 4.98 Å². The molecule has 0 N–H and O–H groups in total. The topological polar surface area (TPSA) is 60.4 Å². The minimum absolute atomic E-state index is 0.0185. The maximum atomic E-state index is 11.0. The van der Waals surface area contributed by atoms with Gasteiger partial charge in [0.05, 0.1) is 15.6 Å². The molecule has 22 heavy (non-hydrogen) atoms. The number of thiazole rings is 1. The number of halogens is 2. The van der Waals surface area contributed by atoms with Crippen LogP contribution in [-0.2, 0) is 6.42 Å². The second-order valence-electron chi connectivity index (χ2n) is 4.80. The monoisotopic (exact) mass is 355 g/mol. The van der Waals surface area contributed by atoms with Crippen molar-refractivity contribution >= 4 is 45.2 Å². The highest BCUT2D eigenvalue weighted by molar-refractivity contribution is 7.17. The Bertz CT molecular complexity index is 841. The molecule has 5 nitrogen and oxygen atoms in total. The van der Waals surface area contributed by atoms with Gasteiger partial charge in [-0.2, -0.15) is 0 Å². The Kier molecular flexibility index (Phi) is 4.08. The van der Waals surface area contributed by atoms with Gasteiger partial charge in [0.1, 0.15) is 5.02 Å². The van der Waals surface area contributed by atoms with Crippen LogP contribution in [0.1, 0.15) is 18.2 Å². The predicted octanol–water partition coefficient (Wildman–Crippen LogP) is 5.23. The van der Waals surface area contributed by atoms with Crippen LogP contribution in [0.15, 0.2) is 24.5 Å². The molecule has 0 saturated carbocycles. The number of aryl methyl sites for hydroxylation is 1. The maximum absolute atomic E-state index is 11.0. The van der Waals surface area contributed by atoms with Gasteiger partial charge in [-0.3, -0.25) is 14.5 Å². The Morgan fingerprint density at radius 2 is 2.09 bits per heavy atom. The molecule has 8 heteroatoms. The number of aromatic nitrogens is 2. The van der Waals surface area contributed by atoms with E-state index in [2.05, 4.69) is 11.9 Å². The molecule has 0 aliphatic rings. The first-order chi connectivity index (χ1) is 10.5. The van der Waals surface area contributed by atoms with Gasteiger partial charge in [-0.15, -0.1) is 11.3 Å². The van der Waals surface area contributed by atoms with Crippen molar-refractivity contribution in [3.05, 3.63) is 49.6 Å². The van der Waals surface area contributed by atoms with E-state index in [0.717, 1.165) is 17.8 Å². The summed E-state index contributed by atoms with van der Waals surface area (Å²) in [4.78, 5) is 17.1. The van der Waals surface area contributed by atoms with Crippen molar-refractivity contribution in [2.45, 2.75) is 19.8 Å². The first kappa shape index (κ1) is 15.3. The normalized spacial score (nSPS) is 11.2. The van der Waals surface area contributed by atoms with Crippen molar-refractivity contribution in [3.8, 4) is 11.3 Å². The lowest BCUT2D eigenvalue weighted by Crippen LogP contribution is -1.91. The lowest BCUT2D eigenvalue weighted by atomic mass is 10.1. The highest BCUT2D eigenvalue weighted by Crippen LogP contribution is 2.36. The van der Waals surface area contributed by atoms with Crippen LogP contribution in [0.25, 0.3) is 16.2 Å². The van der Waals surface area contributed by atoms with E-state index in [1.165, 1.54) is 17.0 Å². The summed E-state index contributed by atoms with van der Waals surface area (Å²) < 4.78 is 1.92. The third-order valence-electron chi connectivity index (χ3n) is 3.21. The quantitative estimate of drug-likeness (QED) is 0.475. The van der Waals surface area contributed by atoms with Gasteiger partial charge in [0.2, 0.25) is 0 Å². The number of nitro groups is 1. The number of nitrogens with zero attached hydrogens (tertiary/aromatic N) is 3. The highest BCUT2D eigenvalue weighted by atomic mass is 35.5.